The number of benzene rings is 1. The van der Waals surface area contributed by atoms with Crippen LogP contribution in [0.15, 0.2) is 78.6 Å². The minimum atomic E-state index is -0.640. The number of rotatable bonds is 50. The molecule has 10 amide bonds. The smallest absolute Gasteiger partial charge is 0.291 e. The van der Waals surface area contributed by atoms with Gasteiger partial charge in [0.15, 0.2) is 23.3 Å². The maximum atomic E-state index is 13.3. The molecule has 0 fully saturated rings. The lowest BCUT2D eigenvalue weighted by atomic mass is 9.99. The van der Waals surface area contributed by atoms with Crippen molar-refractivity contribution in [3.63, 3.8) is 0 Å². The summed E-state index contributed by atoms with van der Waals surface area (Å²) in [6, 6.07) is 9.94. The van der Waals surface area contributed by atoms with Crippen LogP contribution in [0.3, 0.4) is 0 Å². The maximum Gasteiger partial charge on any atom is 0.291 e. The van der Waals surface area contributed by atoms with Gasteiger partial charge in [-0.05, 0) is 83.6 Å². The van der Waals surface area contributed by atoms with Crippen LogP contribution in [0.25, 0.3) is 5.00 Å². The summed E-state index contributed by atoms with van der Waals surface area (Å²) in [6.07, 6.45) is 10.6. The molecule has 10 N–H and O–H groups in total. The first-order valence-corrected chi connectivity index (χ1v) is 39.7. The topological polar surface area (TPSA) is 456 Å². The third-order valence-corrected chi connectivity index (χ3v) is 19.8. The van der Waals surface area contributed by atoms with Crippen LogP contribution in [0.1, 0.15) is 137 Å². The number of carbonyl (C=O) groups excluding carboxylic acids is 10. The SMILES string of the molecule is Cc1sc2c(c1C)C(c1ccc(Cl)cc1)=N[C@@H](CC(=O)NCCOCCOCCOCCOCCOCCOCCC(=O)NCCCN(C)CCCNC(=O)CCNC(=O)c1nc(NC(=O)CCNC(=O)c3cc(NC(=O)c4nc(NC(=O)CCNC(=O)c5cc(NC(=O)c6nccn6C)cn5C)cn4C)cn3C)cn1C)c1nnc(C)n1-2. The highest BCUT2D eigenvalue weighted by Gasteiger charge is 2.33. The predicted octanol–water partition coefficient (Wildman–Crippen LogP) is 3.46. The van der Waals surface area contributed by atoms with Crippen LogP contribution in [0.2, 0.25) is 5.02 Å². The molecular formula is C77H104ClN23O16S. The van der Waals surface area contributed by atoms with E-state index >= 15 is 0 Å². The Morgan fingerprint density at radius 1 is 0.483 bits per heavy atom. The van der Waals surface area contributed by atoms with Crippen molar-refractivity contribution in [3.8, 4) is 5.00 Å². The van der Waals surface area contributed by atoms with E-state index in [9.17, 15) is 47.9 Å². The highest BCUT2D eigenvalue weighted by Crippen LogP contribution is 2.40. The summed E-state index contributed by atoms with van der Waals surface area (Å²) in [5.74, 6) is -2.50. The summed E-state index contributed by atoms with van der Waals surface area (Å²) < 4.78 is 43.0. The van der Waals surface area contributed by atoms with E-state index in [1.807, 2.05) is 42.8 Å². The number of aliphatic imine (C=N–C) groups is 1. The third-order valence-electron chi connectivity index (χ3n) is 18.3. The molecule has 1 atom stereocenters. The lowest BCUT2D eigenvalue weighted by molar-refractivity contribution is -0.123. The Labute approximate surface area is 690 Å². The summed E-state index contributed by atoms with van der Waals surface area (Å²) in [4.78, 5) is 150. The number of aryl methyl sites for hydroxylation is 7. The van der Waals surface area contributed by atoms with Crippen LogP contribution in [0.4, 0.5) is 23.0 Å². The maximum absolute atomic E-state index is 13.3. The fourth-order valence-electron chi connectivity index (χ4n) is 12.1. The van der Waals surface area contributed by atoms with Crippen LogP contribution < -0.4 is 53.2 Å². The van der Waals surface area contributed by atoms with Crippen molar-refractivity contribution in [2.24, 2.45) is 40.2 Å². The second-order valence-corrected chi connectivity index (χ2v) is 29.2. The Morgan fingerprint density at radius 2 is 0.949 bits per heavy atom. The second kappa shape index (κ2) is 46.0. The van der Waals surface area contributed by atoms with Crippen molar-refractivity contribution in [2.75, 3.05) is 160 Å². The summed E-state index contributed by atoms with van der Waals surface area (Å²) in [7, 11) is 10.0. The summed E-state index contributed by atoms with van der Waals surface area (Å²) >= 11 is 7.90. The standard InChI is InChI=1S/C77H104ClN23O16S/c1-49-50(2)118-77-66(49)67(52-12-14-53(78)15-13-52)88-56(68-94-93-51(3)101(68)77)44-65(106)81-26-31-113-33-35-115-37-39-117-41-40-116-38-36-114-34-32-112-30-19-62(103)80-21-11-28-95(4)27-10-20-79-61(102)16-22-85-74(109)70-91-59(47-99(70)8)89-63(104)17-23-84-73(108)58-43-55(46-98(58)7)87-76(111)71-92-60(48-100(71)9)90-64(105)18-24-83-72(107)57-42-54(45-97(57)6)86-75(110)69-82-25-29-96(69)5/h12-15,25,29,42-43,45-48,56H,10-11,16-24,26-28,30-41,44H2,1-9H3,(H,79,102)(H,80,103)(H,81,106)(H,83,107)(H,84,108)(H,85,109)(H,86,110)(H,87,111)(H,89,104)(H,90,105)/t56-/m0/s1. The van der Waals surface area contributed by atoms with Gasteiger partial charge in [-0.15, -0.1) is 21.5 Å². The van der Waals surface area contributed by atoms with Gasteiger partial charge < -0.3 is 109 Å². The number of imidazole rings is 3. The number of amides is 10. The fourth-order valence-corrected chi connectivity index (χ4v) is 13.5. The van der Waals surface area contributed by atoms with Crippen molar-refractivity contribution in [3.05, 3.63) is 141 Å². The quantitative estimate of drug-likeness (QED) is 0.0244. The molecule has 0 radical (unpaired) electrons. The van der Waals surface area contributed by atoms with Crippen molar-refractivity contribution in [1.29, 1.82) is 0 Å². The molecule has 0 saturated heterocycles. The zero-order valence-electron chi connectivity index (χ0n) is 67.7. The highest BCUT2D eigenvalue weighted by molar-refractivity contribution is 7.15. The number of anilines is 4. The van der Waals surface area contributed by atoms with Gasteiger partial charge in [-0.25, -0.2) is 15.0 Å². The Bertz CT molecular complexity index is 4790. The van der Waals surface area contributed by atoms with Crippen LogP contribution >= 0.6 is 22.9 Å². The van der Waals surface area contributed by atoms with Crippen LogP contribution in [0.5, 0.6) is 0 Å². The molecule has 118 heavy (non-hydrogen) atoms. The van der Waals surface area contributed by atoms with E-state index in [4.69, 9.17) is 45.0 Å². The molecule has 41 heteroatoms. The molecule has 1 aliphatic rings. The number of ether oxygens (including phenoxy) is 6. The molecule has 0 bridgehead atoms. The van der Waals surface area contributed by atoms with Crippen molar-refractivity contribution in [2.45, 2.75) is 71.8 Å². The van der Waals surface area contributed by atoms with E-state index in [-0.39, 0.29) is 122 Å². The van der Waals surface area contributed by atoms with E-state index in [1.165, 1.54) is 60.1 Å². The van der Waals surface area contributed by atoms with Gasteiger partial charge in [0.2, 0.25) is 41.2 Å². The first-order chi connectivity index (χ1) is 56.8. The van der Waals surface area contributed by atoms with E-state index in [2.05, 4.69) is 97.1 Å². The lowest BCUT2D eigenvalue weighted by Gasteiger charge is -2.16. The minimum Gasteiger partial charge on any atom is -0.379 e. The van der Waals surface area contributed by atoms with Crippen molar-refractivity contribution >= 4 is 111 Å². The van der Waals surface area contributed by atoms with E-state index in [0.717, 1.165) is 46.2 Å². The van der Waals surface area contributed by atoms with Gasteiger partial charge in [-0.3, -0.25) is 57.5 Å². The van der Waals surface area contributed by atoms with Gasteiger partial charge in [-0.2, -0.15) is 0 Å². The Balaban J connectivity index is 0.510. The molecule has 0 saturated carbocycles. The lowest BCUT2D eigenvalue weighted by Crippen LogP contribution is -2.33. The Morgan fingerprint density at radius 3 is 1.47 bits per heavy atom. The number of nitrogens with zero attached hydrogens (tertiary/aromatic N) is 13. The molecule has 1 aromatic carbocycles. The zero-order chi connectivity index (χ0) is 84.6. The number of fused-ring (bicyclic) bond motifs is 3. The molecule has 636 valence electrons. The largest absolute Gasteiger partial charge is 0.379 e. The first-order valence-electron chi connectivity index (χ1n) is 38.6. The van der Waals surface area contributed by atoms with Gasteiger partial charge >= 0.3 is 0 Å². The molecule has 8 aromatic rings. The Hall–Kier alpha value is -11.4. The molecule has 8 heterocycles. The van der Waals surface area contributed by atoms with Gasteiger partial charge in [-0.1, -0.05) is 23.7 Å². The number of carbonyl (C=O) groups is 10. The summed E-state index contributed by atoms with van der Waals surface area (Å²) in [5.41, 5.74) is 4.87. The predicted molar refractivity (Wildman–Crippen MR) is 438 cm³/mol. The average molecular weight is 1680 g/mol. The van der Waals surface area contributed by atoms with Gasteiger partial charge in [0.05, 0.1) is 103 Å². The summed E-state index contributed by atoms with van der Waals surface area (Å²) in [6.45, 7) is 13.2. The van der Waals surface area contributed by atoms with Gasteiger partial charge in [0, 0.05) is 158 Å². The van der Waals surface area contributed by atoms with Gasteiger partial charge in [0.25, 0.3) is 29.5 Å². The highest BCUT2D eigenvalue weighted by atomic mass is 35.5. The third kappa shape index (κ3) is 27.6. The van der Waals surface area contributed by atoms with Crippen LogP contribution in [-0.4, -0.2) is 261 Å². The molecule has 0 aliphatic carbocycles. The fraction of sp³-hybridized carbons (Fsp3) is 0.481. The zero-order valence-corrected chi connectivity index (χ0v) is 69.3. The first kappa shape index (κ1) is 90.5. The number of hydrogen-bond acceptors (Lipinski definition) is 24. The normalized spacial score (nSPS) is 12.3. The molecule has 1 aliphatic heterocycles. The van der Waals surface area contributed by atoms with Crippen molar-refractivity contribution in [1.82, 2.24) is 89.4 Å². The number of hydrogen-bond donors (Lipinski definition) is 10. The summed E-state index contributed by atoms with van der Waals surface area (Å²) in [5, 5.41) is 37.8. The number of aromatic nitrogens is 11. The number of nitrogens with one attached hydrogen (secondary N) is 10. The monoisotopic (exact) mass is 1670 g/mol. The van der Waals surface area contributed by atoms with Gasteiger partial charge in [0.1, 0.15) is 28.3 Å². The number of halogens is 1. The van der Waals surface area contributed by atoms with Crippen LogP contribution in [-0.2, 0) is 87.6 Å². The average Bonchev–Trinajstić information content (AvgIpc) is 1.59. The molecular weight excluding hydrogens is 1570 g/mol. The second-order valence-electron chi connectivity index (χ2n) is 27.5. The molecule has 0 spiro atoms. The molecule has 7 aromatic heterocycles. The van der Waals surface area contributed by atoms with Crippen LogP contribution in [0, 0.1) is 20.8 Å². The molecule has 39 nitrogen and oxygen atoms in total. The van der Waals surface area contributed by atoms with E-state index < -0.39 is 47.4 Å². The van der Waals surface area contributed by atoms with E-state index in [0.29, 0.717) is 122 Å². The molecule has 0 unspecified atom stereocenters. The minimum absolute atomic E-state index is 0.00292. The Kier molecular flexibility index (Phi) is 35.3. The van der Waals surface area contributed by atoms with E-state index in [1.54, 1.807) is 63.5 Å². The molecule has 9 rings (SSSR count). The number of thiophene rings is 1. The van der Waals surface area contributed by atoms with Crippen molar-refractivity contribution < 1.29 is 76.4 Å².